The number of carbonyl (C=O) groups is 1. The van der Waals surface area contributed by atoms with Gasteiger partial charge in [-0.05, 0) is 63.4 Å². The summed E-state index contributed by atoms with van der Waals surface area (Å²) in [4.78, 5) is 15.0. The highest BCUT2D eigenvalue weighted by Crippen LogP contribution is 2.19. The quantitative estimate of drug-likeness (QED) is 0.785. The maximum atomic E-state index is 12.4. The number of nitrogens with zero attached hydrogens (tertiary/aromatic N) is 4. The highest BCUT2D eigenvalue weighted by molar-refractivity contribution is 5.91. The van der Waals surface area contributed by atoms with Crippen LogP contribution in [0, 0.1) is 0 Å². The highest BCUT2D eigenvalue weighted by atomic mass is 16.2. The van der Waals surface area contributed by atoms with Gasteiger partial charge in [-0.25, -0.2) is 4.68 Å². The number of benzene rings is 1. The van der Waals surface area contributed by atoms with E-state index in [-0.39, 0.29) is 5.91 Å². The molecule has 0 spiro atoms. The van der Waals surface area contributed by atoms with Crippen molar-refractivity contribution in [3.63, 3.8) is 0 Å². The Labute approximate surface area is 172 Å². The molecular weight excluding hydrogens is 364 g/mol. The number of carbonyl (C=O) groups excluding carboxylic acids is 1. The average molecular weight is 397 g/mol. The first-order valence-electron chi connectivity index (χ1n) is 10.9. The lowest BCUT2D eigenvalue weighted by molar-refractivity contribution is 0.0946. The number of amides is 1. The van der Waals surface area contributed by atoms with Crippen LogP contribution < -0.4 is 10.6 Å². The number of hydrogen-bond acceptors (Lipinski definition) is 5. The maximum Gasteiger partial charge on any atom is 0.273 e. The minimum absolute atomic E-state index is 0.170. The SMILES string of the molecule is CC1CCCCN1Cc1ccc(CNC(=O)c2cn(C3CCNCC3)nn2)cc1. The lowest BCUT2D eigenvalue weighted by Crippen LogP contribution is -2.36. The van der Waals surface area contributed by atoms with Crippen molar-refractivity contribution in [2.45, 2.75) is 64.2 Å². The number of piperidine rings is 2. The molecule has 2 aromatic rings. The van der Waals surface area contributed by atoms with Gasteiger partial charge in [-0.15, -0.1) is 5.10 Å². The first-order chi connectivity index (χ1) is 14.2. The molecule has 0 aliphatic carbocycles. The number of likely N-dealkylation sites (tertiary alicyclic amines) is 1. The summed E-state index contributed by atoms with van der Waals surface area (Å²) in [6.45, 7) is 6.99. The molecule has 0 saturated carbocycles. The molecule has 0 bridgehead atoms. The van der Waals surface area contributed by atoms with Crippen molar-refractivity contribution in [1.82, 2.24) is 30.5 Å². The van der Waals surface area contributed by atoms with Gasteiger partial charge in [-0.3, -0.25) is 9.69 Å². The Morgan fingerprint density at radius 2 is 1.90 bits per heavy atom. The second kappa shape index (κ2) is 9.50. The fourth-order valence-corrected chi connectivity index (χ4v) is 4.29. The molecule has 2 saturated heterocycles. The molecule has 7 heteroatoms. The molecule has 1 amide bonds. The number of aromatic nitrogens is 3. The van der Waals surface area contributed by atoms with Gasteiger partial charge < -0.3 is 10.6 Å². The minimum Gasteiger partial charge on any atom is -0.347 e. The molecule has 4 rings (SSSR count). The molecule has 156 valence electrons. The van der Waals surface area contributed by atoms with Gasteiger partial charge in [-0.2, -0.15) is 0 Å². The standard InChI is InChI=1S/C22H32N6O/c1-17-4-2-3-13-27(17)15-19-7-5-18(6-8-19)14-24-22(29)21-16-28(26-25-21)20-9-11-23-12-10-20/h5-8,16-17,20,23H,2-4,9-15H2,1H3,(H,24,29). The minimum atomic E-state index is -0.170. The Balaban J connectivity index is 1.27. The molecule has 3 heterocycles. The van der Waals surface area contributed by atoms with E-state index in [1.807, 2.05) is 4.68 Å². The zero-order chi connectivity index (χ0) is 20.1. The normalized spacial score (nSPS) is 21.2. The molecule has 1 unspecified atom stereocenters. The summed E-state index contributed by atoms with van der Waals surface area (Å²) >= 11 is 0. The van der Waals surface area contributed by atoms with Crippen LogP contribution >= 0.6 is 0 Å². The van der Waals surface area contributed by atoms with Crippen molar-refractivity contribution >= 4 is 5.91 Å². The third kappa shape index (κ3) is 5.22. The first kappa shape index (κ1) is 20.0. The van der Waals surface area contributed by atoms with Crippen LogP contribution in [0.3, 0.4) is 0 Å². The van der Waals surface area contributed by atoms with E-state index in [0.29, 0.717) is 24.3 Å². The molecule has 2 aliphatic rings. The van der Waals surface area contributed by atoms with Crippen molar-refractivity contribution in [3.05, 3.63) is 47.3 Å². The van der Waals surface area contributed by atoms with Crippen molar-refractivity contribution in [2.24, 2.45) is 0 Å². The van der Waals surface area contributed by atoms with Crippen LogP contribution in [-0.4, -0.2) is 51.5 Å². The van der Waals surface area contributed by atoms with Gasteiger partial charge in [-0.1, -0.05) is 35.9 Å². The highest BCUT2D eigenvalue weighted by Gasteiger charge is 2.19. The van der Waals surface area contributed by atoms with Crippen LogP contribution in [0.25, 0.3) is 0 Å². The zero-order valence-electron chi connectivity index (χ0n) is 17.3. The van der Waals surface area contributed by atoms with Gasteiger partial charge in [0, 0.05) is 19.1 Å². The summed E-state index contributed by atoms with van der Waals surface area (Å²) in [7, 11) is 0. The van der Waals surface area contributed by atoms with Crippen LogP contribution in [0.15, 0.2) is 30.5 Å². The number of nitrogens with one attached hydrogen (secondary N) is 2. The van der Waals surface area contributed by atoms with E-state index < -0.39 is 0 Å². The number of hydrogen-bond donors (Lipinski definition) is 2. The average Bonchev–Trinajstić information content (AvgIpc) is 3.26. The van der Waals surface area contributed by atoms with Crippen LogP contribution in [0.1, 0.15) is 66.7 Å². The largest absolute Gasteiger partial charge is 0.347 e. The Kier molecular flexibility index (Phi) is 6.56. The third-order valence-electron chi connectivity index (χ3n) is 6.23. The second-order valence-corrected chi connectivity index (χ2v) is 8.38. The predicted octanol–water partition coefficient (Wildman–Crippen LogP) is 2.51. The predicted molar refractivity (Wildman–Crippen MR) is 112 cm³/mol. The van der Waals surface area contributed by atoms with Gasteiger partial charge in [0.15, 0.2) is 5.69 Å². The molecule has 0 radical (unpaired) electrons. The van der Waals surface area contributed by atoms with E-state index in [1.165, 1.54) is 31.4 Å². The second-order valence-electron chi connectivity index (χ2n) is 8.38. The lowest BCUT2D eigenvalue weighted by atomic mass is 10.0. The van der Waals surface area contributed by atoms with Gasteiger partial charge in [0.1, 0.15) is 0 Å². The molecule has 1 aromatic heterocycles. The van der Waals surface area contributed by atoms with Crippen molar-refractivity contribution in [3.8, 4) is 0 Å². The summed E-state index contributed by atoms with van der Waals surface area (Å²) in [6.07, 6.45) is 7.76. The van der Waals surface area contributed by atoms with E-state index in [0.717, 1.165) is 38.0 Å². The van der Waals surface area contributed by atoms with E-state index in [9.17, 15) is 4.79 Å². The number of rotatable bonds is 6. The molecule has 1 aromatic carbocycles. The van der Waals surface area contributed by atoms with Gasteiger partial charge in [0.2, 0.25) is 0 Å². The summed E-state index contributed by atoms with van der Waals surface area (Å²) < 4.78 is 1.84. The van der Waals surface area contributed by atoms with Crippen LogP contribution in [-0.2, 0) is 13.1 Å². The Bertz CT molecular complexity index is 796. The van der Waals surface area contributed by atoms with Gasteiger partial charge in [0.05, 0.1) is 12.2 Å². The monoisotopic (exact) mass is 396 g/mol. The Morgan fingerprint density at radius 3 is 2.66 bits per heavy atom. The topological polar surface area (TPSA) is 75.1 Å². The van der Waals surface area contributed by atoms with E-state index >= 15 is 0 Å². The van der Waals surface area contributed by atoms with Crippen molar-refractivity contribution < 1.29 is 4.79 Å². The Morgan fingerprint density at radius 1 is 1.14 bits per heavy atom. The molecule has 1 atom stereocenters. The van der Waals surface area contributed by atoms with Gasteiger partial charge >= 0.3 is 0 Å². The van der Waals surface area contributed by atoms with Crippen LogP contribution in [0.2, 0.25) is 0 Å². The summed E-state index contributed by atoms with van der Waals surface area (Å²) in [6, 6.07) is 9.57. The molecule has 29 heavy (non-hydrogen) atoms. The summed E-state index contributed by atoms with van der Waals surface area (Å²) in [5.41, 5.74) is 2.82. The molecular formula is C22H32N6O. The molecule has 2 N–H and O–H groups in total. The third-order valence-corrected chi connectivity index (χ3v) is 6.23. The van der Waals surface area contributed by atoms with Gasteiger partial charge in [0.25, 0.3) is 5.91 Å². The fourth-order valence-electron chi connectivity index (χ4n) is 4.29. The van der Waals surface area contributed by atoms with Crippen molar-refractivity contribution in [1.29, 1.82) is 0 Å². The van der Waals surface area contributed by atoms with E-state index in [2.05, 4.69) is 57.0 Å². The van der Waals surface area contributed by atoms with Crippen LogP contribution in [0.5, 0.6) is 0 Å². The van der Waals surface area contributed by atoms with E-state index in [4.69, 9.17) is 0 Å². The van der Waals surface area contributed by atoms with Crippen LogP contribution in [0.4, 0.5) is 0 Å². The lowest BCUT2D eigenvalue weighted by Gasteiger charge is -2.33. The summed E-state index contributed by atoms with van der Waals surface area (Å²) in [5, 5.41) is 14.5. The van der Waals surface area contributed by atoms with Crippen molar-refractivity contribution in [2.75, 3.05) is 19.6 Å². The summed E-state index contributed by atoms with van der Waals surface area (Å²) in [5.74, 6) is -0.170. The smallest absolute Gasteiger partial charge is 0.273 e. The maximum absolute atomic E-state index is 12.4. The molecule has 7 nitrogen and oxygen atoms in total. The molecule has 2 aliphatic heterocycles. The van der Waals surface area contributed by atoms with E-state index in [1.54, 1.807) is 6.20 Å². The molecule has 2 fully saturated rings. The zero-order valence-corrected chi connectivity index (χ0v) is 17.3. The fraction of sp³-hybridized carbons (Fsp3) is 0.591. The Hall–Kier alpha value is -2.25. The first-order valence-corrected chi connectivity index (χ1v) is 10.9.